The Morgan fingerprint density at radius 1 is 0.451 bits per heavy atom. The Balaban J connectivity index is 1.13. The van der Waals surface area contributed by atoms with Crippen LogP contribution >= 0.6 is 23.4 Å². The Morgan fingerprint density at radius 2 is 0.872 bits per heavy atom. The number of carbonyl (C=O) groups excluding carboxylic acids is 15. The van der Waals surface area contributed by atoms with E-state index in [1.165, 1.54) is 101 Å². The minimum atomic E-state index is -1.91. The monoisotopic (exact) mass is 1860 g/mol. The number of para-hydroxylation sites is 1. The molecule has 0 radical (unpaired) electrons. The molecule has 15 N–H and O–H groups in total. The van der Waals surface area contributed by atoms with Crippen molar-refractivity contribution in [3.63, 3.8) is 0 Å². The predicted octanol–water partition coefficient (Wildman–Crippen LogP) is 3.18. The molecule has 8 aromatic rings. The maximum absolute atomic E-state index is 15.6. The maximum atomic E-state index is 15.6. The number of phenols is 2. The second kappa shape index (κ2) is 49.7. The average Bonchev–Trinajstić information content (AvgIpc) is 1.77. The van der Waals surface area contributed by atoms with Crippen LogP contribution in [0.5, 0.6) is 11.5 Å². The number of nitrogens with two attached hydrogens (primary N) is 1. The molecule has 1 aliphatic rings. The first-order valence-corrected chi connectivity index (χ1v) is 45.0. The van der Waals surface area contributed by atoms with Gasteiger partial charge in [0.25, 0.3) is 0 Å². The fourth-order valence-electron chi connectivity index (χ4n) is 15.3. The van der Waals surface area contributed by atoms with Gasteiger partial charge in [0.1, 0.15) is 78.0 Å². The highest BCUT2D eigenvalue weighted by molar-refractivity contribution is 8.00. The fraction of sp³-hybridized carbons (Fsp3) is 0.375. The van der Waals surface area contributed by atoms with E-state index in [2.05, 4.69) is 52.8 Å². The minimum Gasteiger partial charge on any atom is -0.508 e. The van der Waals surface area contributed by atoms with Crippen molar-refractivity contribution in [2.24, 2.45) is 11.7 Å². The molecule has 11 unspecified atom stereocenters. The lowest BCUT2D eigenvalue weighted by atomic mass is 9.98. The van der Waals surface area contributed by atoms with Gasteiger partial charge in [0.15, 0.2) is 0 Å². The van der Waals surface area contributed by atoms with Crippen molar-refractivity contribution in [1.29, 1.82) is 0 Å². The van der Waals surface area contributed by atoms with Crippen LogP contribution in [0.2, 0.25) is 5.02 Å². The largest absolute Gasteiger partial charge is 0.508 e. The smallest absolute Gasteiger partial charge is 0.305 e. The van der Waals surface area contributed by atoms with E-state index in [4.69, 9.17) is 17.3 Å². The molecule has 7 aromatic carbocycles. The van der Waals surface area contributed by atoms with E-state index < -0.39 is 205 Å². The molecule has 133 heavy (non-hydrogen) atoms. The predicted molar refractivity (Wildman–Crippen MR) is 498 cm³/mol. The van der Waals surface area contributed by atoms with Crippen molar-refractivity contribution in [2.75, 3.05) is 66.4 Å². The summed E-state index contributed by atoms with van der Waals surface area (Å²) < 4.78 is 0. The molecule has 15 amide bonds. The van der Waals surface area contributed by atoms with Crippen LogP contribution in [0.15, 0.2) is 194 Å². The number of nitrogens with zero attached hydrogens (tertiary/aromatic N) is 5. The molecule has 9 rings (SSSR count). The molecule has 37 heteroatoms. The minimum absolute atomic E-state index is 0.0214. The molecule has 1 saturated heterocycles. The number of halogens is 1. The van der Waals surface area contributed by atoms with Gasteiger partial charge >= 0.3 is 5.97 Å². The number of carbonyl (C=O) groups is 16. The van der Waals surface area contributed by atoms with Crippen molar-refractivity contribution < 1.29 is 92.0 Å². The highest BCUT2D eigenvalue weighted by atomic mass is 35.5. The number of primary amides is 1. The Bertz CT molecular complexity index is 5410. The van der Waals surface area contributed by atoms with Gasteiger partial charge < -0.3 is 98.4 Å². The number of H-pyrrole nitrogens is 1. The standard InChI is InChI=1S/C96H115ClN16O19S/c1-9-10-30-77-94(130)110(5)54-82(118)102-73(50-84(120)121)90(126)108-85(57(2)3)96(132)112(7)78(47-59-24-16-12-17-25-59)91(127)106-74(46-63-35-41-67(115)42-36-63)92(128)109(4)53-81(117)101-72(49-64-51-99-69-29-21-20-28-68(64)69)89(125)105-70(44-62-33-39-66(114)40-34-62)87(123)104-71(43-61-31-37-65(97)38-32-61)88(124)107-76(86(122)100-52-80(98)116)55-133-56-83(119)103-75(45-58-22-14-11-15-23-58)93(129)113(8)79(95(131)111(77)6)48-60-26-18-13-19-27-60/h11-29,31-42,51,57,70-79,85,99,114-115H,9-10,30,43-50,52-56H2,1-8H3,(H2,98,116)(H,100,122)(H,101,117)(H,102,118)(H,103,119)(H,104,123)(H,105,125)(H,106,127)(H,107,124)(H,108,126)(H,120,121). The molecule has 11 atom stereocenters. The van der Waals surface area contributed by atoms with Crippen molar-refractivity contribution in [3.05, 3.63) is 238 Å². The zero-order chi connectivity index (χ0) is 96.7. The summed E-state index contributed by atoms with van der Waals surface area (Å²) in [5.74, 6) is -17.5. The van der Waals surface area contributed by atoms with Gasteiger partial charge in [-0.25, -0.2) is 0 Å². The number of aliphatic carboxylic acids is 1. The van der Waals surface area contributed by atoms with Crippen LogP contribution in [0.25, 0.3) is 10.9 Å². The molecular formula is C96H115ClN16O19S. The number of phenolic OH excluding ortho intramolecular Hbond substituents is 2. The van der Waals surface area contributed by atoms with Gasteiger partial charge in [0.2, 0.25) is 88.6 Å². The normalized spacial score (nSPS) is 21.5. The van der Waals surface area contributed by atoms with Gasteiger partial charge in [-0.2, -0.15) is 0 Å². The molecule has 0 spiro atoms. The summed E-state index contributed by atoms with van der Waals surface area (Å²) in [6.07, 6.45) is -0.285. The van der Waals surface area contributed by atoms with Crippen LogP contribution in [0.4, 0.5) is 0 Å². The van der Waals surface area contributed by atoms with Gasteiger partial charge in [-0.05, 0) is 93.7 Å². The summed E-state index contributed by atoms with van der Waals surface area (Å²) in [5, 5.41) is 56.0. The Morgan fingerprint density at radius 3 is 1.39 bits per heavy atom. The number of nitrogens with one attached hydrogen (secondary N) is 10. The van der Waals surface area contributed by atoms with Crippen LogP contribution in [-0.4, -0.2) is 272 Å². The second-order valence-electron chi connectivity index (χ2n) is 33.3. The first-order chi connectivity index (χ1) is 63.4. The molecule has 1 fully saturated rings. The third kappa shape index (κ3) is 30.7. The number of likely N-dealkylation sites (N-methyl/N-ethyl adjacent to an activating group) is 5. The van der Waals surface area contributed by atoms with E-state index in [9.17, 15) is 48.9 Å². The Hall–Kier alpha value is -14.2. The first kappa shape index (κ1) is 103. The number of amides is 15. The van der Waals surface area contributed by atoms with Gasteiger partial charge in [-0.15, -0.1) is 11.8 Å². The van der Waals surface area contributed by atoms with E-state index in [0.717, 1.165) is 31.4 Å². The van der Waals surface area contributed by atoms with Gasteiger partial charge in [-0.3, -0.25) is 76.7 Å². The molecule has 1 aromatic heterocycles. The number of hydrogen-bond donors (Lipinski definition) is 14. The number of carboxylic acid groups (broad SMARTS) is 1. The molecule has 706 valence electrons. The first-order valence-electron chi connectivity index (χ1n) is 43.5. The maximum Gasteiger partial charge on any atom is 0.305 e. The molecule has 0 aliphatic carbocycles. The molecule has 35 nitrogen and oxygen atoms in total. The van der Waals surface area contributed by atoms with Gasteiger partial charge in [0, 0.05) is 108 Å². The summed E-state index contributed by atoms with van der Waals surface area (Å²) >= 11 is 7.16. The molecular weight excluding hydrogens is 1750 g/mol. The van der Waals surface area contributed by atoms with Crippen molar-refractivity contribution in [1.82, 2.24) is 77.3 Å². The van der Waals surface area contributed by atoms with Gasteiger partial charge in [-0.1, -0.05) is 191 Å². The summed E-state index contributed by atoms with van der Waals surface area (Å²) in [5.41, 5.74) is 9.47. The van der Waals surface area contributed by atoms with Gasteiger partial charge in [0.05, 0.1) is 31.8 Å². The Kier molecular flexibility index (Phi) is 38.4. The van der Waals surface area contributed by atoms with Crippen molar-refractivity contribution in [3.8, 4) is 11.5 Å². The van der Waals surface area contributed by atoms with E-state index in [1.54, 1.807) is 147 Å². The highest BCUT2D eigenvalue weighted by Crippen LogP contribution is 2.25. The van der Waals surface area contributed by atoms with Crippen molar-refractivity contribution >= 4 is 129 Å². The van der Waals surface area contributed by atoms with Crippen LogP contribution < -0.4 is 53.6 Å². The summed E-state index contributed by atoms with van der Waals surface area (Å²) in [6, 6.07) is 32.9. The number of hydrogen-bond acceptors (Lipinski definition) is 19. The van der Waals surface area contributed by atoms with Crippen LogP contribution in [0.1, 0.15) is 85.4 Å². The third-order valence-corrected chi connectivity index (χ3v) is 24.0. The van der Waals surface area contributed by atoms with E-state index in [-0.39, 0.29) is 62.9 Å². The third-order valence-electron chi connectivity index (χ3n) is 22.7. The molecule has 0 bridgehead atoms. The zero-order valence-electron chi connectivity index (χ0n) is 75.2. The average molecular weight is 1860 g/mol. The molecule has 1 aliphatic heterocycles. The number of aromatic hydroxyl groups is 2. The van der Waals surface area contributed by atoms with Crippen LogP contribution in [0.3, 0.4) is 0 Å². The number of thioether (sulfide) groups is 1. The summed E-state index contributed by atoms with van der Waals surface area (Å²) in [7, 11) is 6.51. The SMILES string of the molecule is CCCCC1C(=O)N(C)CC(=O)NC(CC(=O)O)C(=O)NC(C(C)C)C(=O)N(C)C(Cc2ccccc2)C(=O)NC(Cc2ccc(O)cc2)C(=O)N(C)CC(=O)NC(Cc2c[nH]c3ccccc23)C(=O)NC(Cc2ccc(O)cc2)C(=O)NC(Cc2ccc(Cl)cc2)C(=O)NC(C(=O)NCC(N)=O)CSCC(=O)NC(Cc2ccccc2)C(=O)N(C)C(Cc2ccccc2)C(=O)N1C. The lowest BCUT2D eigenvalue weighted by molar-refractivity contribution is -0.151. The molecule has 2 heterocycles. The van der Waals surface area contributed by atoms with E-state index in [0.29, 0.717) is 67.7 Å². The number of fused-ring (bicyclic) bond motifs is 1. The second-order valence-corrected chi connectivity index (χ2v) is 34.7. The van der Waals surface area contributed by atoms with Crippen LogP contribution in [0, 0.1) is 5.92 Å². The zero-order valence-corrected chi connectivity index (χ0v) is 76.8. The lowest BCUT2D eigenvalue weighted by Gasteiger charge is -2.37. The number of carboxylic acids is 1. The number of aromatic nitrogens is 1. The summed E-state index contributed by atoms with van der Waals surface area (Å²) in [6.45, 7) is 2.61. The van der Waals surface area contributed by atoms with E-state index in [1.807, 2.05) is 6.92 Å². The van der Waals surface area contributed by atoms with E-state index >= 15 is 43.2 Å². The highest BCUT2D eigenvalue weighted by Gasteiger charge is 2.42. The quantitative estimate of drug-likeness (QED) is 0.0437. The fourth-order valence-corrected chi connectivity index (χ4v) is 16.3. The van der Waals surface area contributed by atoms with Crippen molar-refractivity contribution in [2.45, 2.75) is 158 Å². The molecule has 0 saturated carbocycles. The van der Waals surface area contributed by atoms with Crippen LogP contribution in [-0.2, 0) is 122 Å². The summed E-state index contributed by atoms with van der Waals surface area (Å²) in [4.78, 5) is 245. The topological polar surface area (TPSA) is 500 Å². The number of unbranched alkanes of at least 4 members (excludes halogenated alkanes) is 1. The Labute approximate surface area is 779 Å². The lowest BCUT2D eigenvalue weighted by Crippen LogP contribution is -2.61. The number of benzene rings is 7. The number of aromatic amines is 1. The number of rotatable bonds is 23.